The molecule has 0 aliphatic rings. The summed E-state index contributed by atoms with van der Waals surface area (Å²) in [6.45, 7) is 4.14. The topological polar surface area (TPSA) is 108 Å². The number of hydrogen-bond donors (Lipinski definition) is 4. The highest BCUT2D eigenvalue weighted by Crippen LogP contribution is 1.90. The van der Waals surface area contributed by atoms with Crippen LogP contribution in [0.5, 0.6) is 0 Å². The van der Waals surface area contributed by atoms with Gasteiger partial charge in [-0.1, -0.05) is 6.92 Å². The monoisotopic (exact) mass is 245 g/mol. The molecule has 7 heteroatoms. The summed E-state index contributed by atoms with van der Waals surface area (Å²) in [5.74, 6) is -1.73. The maximum absolute atomic E-state index is 11.2. The van der Waals surface area contributed by atoms with E-state index in [0.717, 1.165) is 0 Å². The molecule has 0 aliphatic heterocycles. The molecule has 0 saturated heterocycles. The van der Waals surface area contributed by atoms with E-state index in [0.29, 0.717) is 6.54 Å². The minimum atomic E-state index is -0.965. The second-order valence-electron chi connectivity index (χ2n) is 3.58. The lowest BCUT2D eigenvalue weighted by molar-refractivity contribution is -0.140. The Morgan fingerprint density at radius 3 is 2.35 bits per heavy atom. The molecule has 0 heterocycles. The van der Waals surface area contributed by atoms with Crippen LogP contribution < -0.4 is 16.0 Å². The fraction of sp³-hybridized carbons (Fsp3) is 0.700. The van der Waals surface area contributed by atoms with Crippen LogP contribution in [0.4, 0.5) is 4.79 Å². The molecule has 0 aromatic carbocycles. The van der Waals surface area contributed by atoms with Gasteiger partial charge in [0.25, 0.3) is 0 Å². The summed E-state index contributed by atoms with van der Waals surface area (Å²) in [5.41, 5.74) is 0. The lowest BCUT2D eigenvalue weighted by Gasteiger charge is -2.09. The lowest BCUT2D eigenvalue weighted by Crippen LogP contribution is -2.40. The van der Waals surface area contributed by atoms with Crippen molar-refractivity contribution in [2.45, 2.75) is 20.3 Å². The van der Waals surface area contributed by atoms with Gasteiger partial charge in [-0.05, 0) is 6.92 Å². The van der Waals surface area contributed by atoms with Gasteiger partial charge in [-0.3, -0.25) is 9.59 Å². The van der Waals surface area contributed by atoms with Crippen molar-refractivity contribution in [3.05, 3.63) is 0 Å². The molecule has 4 N–H and O–H groups in total. The summed E-state index contributed by atoms with van der Waals surface area (Å²) in [4.78, 5) is 32.6. The van der Waals surface area contributed by atoms with Crippen molar-refractivity contribution in [3.8, 4) is 0 Å². The van der Waals surface area contributed by atoms with Crippen LogP contribution in [0.2, 0.25) is 0 Å². The molecule has 1 unspecified atom stereocenters. The van der Waals surface area contributed by atoms with Crippen LogP contribution >= 0.6 is 0 Å². The van der Waals surface area contributed by atoms with Crippen LogP contribution in [-0.4, -0.2) is 42.6 Å². The Bertz CT molecular complexity index is 281. The first-order valence-corrected chi connectivity index (χ1v) is 5.48. The number of rotatable bonds is 7. The minimum absolute atomic E-state index is 0.0579. The van der Waals surface area contributed by atoms with E-state index in [4.69, 9.17) is 5.11 Å². The van der Waals surface area contributed by atoms with Crippen molar-refractivity contribution in [2.24, 2.45) is 5.92 Å². The van der Waals surface area contributed by atoms with E-state index in [2.05, 4.69) is 16.0 Å². The number of carbonyl (C=O) groups excluding carboxylic acids is 2. The van der Waals surface area contributed by atoms with Crippen molar-refractivity contribution in [1.29, 1.82) is 0 Å². The highest BCUT2D eigenvalue weighted by molar-refractivity contribution is 5.78. The third kappa shape index (κ3) is 8.06. The van der Waals surface area contributed by atoms with Gasteiger partial charge in [-0.25, -0.2) is 4.79 Å². The Labute approximate surface area is 100.0 Å². The molecule has 0 rings (SSSR count). The molecule has 17 heavy (non-hydrogen) atoms. The highest BCUT2D eigenvalue weighted by Gasteiger charge is 2.11. The fourth-order valence-electron chi connectivity index (χ4n) is 0.971. The van der Waals surface area contributed by atoms with Gasteiger partial charge in [0.1, 0.15) is 0 Å². The SMILES string of the molecule is CCNC(=O)CCNC(=O)NCC(C)C(=O)O. The highest BCUT2D eigenvalue weighted by atomic mass is 16.4. The van der Waals surface area contributed by atoms with Gasteiger partial charge in [0.15, 0.2) is 0 Å². The maximum atomic E-state index is 11.2. The molecule has 0 bridgehead atoms. The Morgan fingerprint density at radius 1 is 1.18 bits per heavy atom. The second-order valence-corrected chi connectivity index (χ2v) is 3.58. The van der Waals surface area contributed by atoms with Crippen molar-refractivity contribution < 1.29 is 19.5 Å². The number of carboxylic acid groups (broad SMARTS) is 1. The molecule has 3 amide bonds. The first kappa shape index (κ1) is 15.2. The van der Waals surface area contributed by atoms with Crippen LogP contribution in [-0.2, 0) is 9.59 Å². The number of carboxylic acids is 1. The zero-order valence-electron chi connectivity index (χ0n) is 10.1. The zero-order valence-corrected chi connectivity index (χ0v) is 10.1. The standard InChI is InChI=1S/C10H19N3O4/c1-3-11-8(14)4-5-12-10(17)13-6-7(2)9(15)16/h7H,3-6H2,1-2H3,(H,11,14)(H,15,16)(H2,12,13,17). The number of amides is 3. The Kier molecular flexibility index (Phi) is 7.49. The van der Waals surface area contributed by atoms with Gasteiger partial charge in [-0.15, -0.1) is 0 Å². The molecule has 7 nitrogen and oxygen atoms in total. The summed E-state index contributed by atoms with van der Waals surface area (Å²) >= 11 is 0. The Hall–Kier alpha value is -1.79. The molecule has 0 spiro atoms. The van der Waals surface area contributed by atoms with Gasteiger partial charge < -0.3 is 21.1 Å². The summed E-state index contributed by atoms with van der Waals surface area (Å²) in [5, 5.41) is 16.0. The molecule has 0 aromatic rings. The largest absolute Gasteiger partial charge is 0.481 e. The molecular weight excluding hydrogens is 226 g/mol. The molecule has 1 atom stereocenters. The van der Waals surface area contributed by atoms with Crippen LogP contribution in [0.3, 0.4) is 0 Å². The molecule has 98 valence electrons. The van der Waals surface area contributed by atoms with Crippen LogP contribution in [0.1, 0.15) is 20.3 Å². The average molecular weight is 245 g/mol. The Balaban J connectivity index is 3.60. The fourth-order valence-corrected chi connectivity index (χ4v) is 0.971. The van der Waals surface area contributed by atoms with Crippen molar-refractivity contribution in [1.82, 2.24) is 16.0 Å². The van der Waals surface area contributed by atoms with Gasteiger partial charge in [0.2, 0.25) is 5.91 Å². The molecule has 0 radical (unpaired) electrons. The number of aliphatic carboxylic acids is 1. The number of carbonyl (C=O) groups is 3. The van der Waals surface area contributed by atoms with Crippen molar-refractivity contribution >= 4 is 17.9 Å². The van der Waals surface area contributed by atoms with E-state index in [1.807, 2.05) is 6.92 Å². The molecule has 0 aliphatic carbocycles. The normalized spacial score (nSPS) is 11.4. The molecular formula is C10H19N3O4. The van der Waals surface area contributed by atoms with Gasteiger partial charge in [0, 0.05) is 26.1 Å². The van der Waals surface area contributed by atoms with E-state index in [-0.39, 0.29) is 25.4 Å². The van der Waals surface area contributed by atoms with Gasteiger partial charge in [0.05, 0.1) is 5.92 Å². The predicted octanol–water partition coefficient (Wildman–Crippen LogP) is -0.467. The summed E-state index contributed by atoms with van der Waals surface area (Å²) < 4.78 is 0. The van der Waals surface area contributed by atoms with E-state index in [1.165, 1.54) is 6.92 Å². The summed E-state index contributed by atoms with van der Waals surface area (Å²) in [7, 11) is 0. The molecule has 0 saturated carbocycles. The minimum Gasteiger partial charge on any atom is -0.481 e. The number of urea groups is 1. The van der Waals surface area contributed by atoms with Crippen LogP contribution in [0, 0.1) is 5.92 Å². The number of hydrogen-bond acceptors (Lipinski definition) is 3. The van der Waals surface area contributed by atoms with E-state index in [1.54, 1.807) is 0 Å². The third-order valence-corrected chi connectivity index (χ3v) is 2.00. The first-order valence-electron chi connectivity index (χ1n) is 5.48. The maximum Gasteiger partial charge on any atom is 0.314 e. The smallest absolute Gasteiger partial charge is 0.314 e. The Morgan fingerprint density at radius 2 is 1.82 bits per heavy atom. The molecule has 0 fully saturated rings. The predicted molar refractivity (Wildman–Crippen MR) is 61.5 cm³/mol. The zero-order chi connectivity index (χ0) is 13.3. The van der Waals surface area contributed by atoms with E-state index < -0.39 is 17.9 Å². The van der Waals surface area contributed by atoms with Crippen LogP contribution in [0.25, 0.3) is 0 Å². The van der Waals surface area contributed by atoms with Crippen molar-refractivity contribution in [2.75, 3.05) is 19.6 Å². The van der Waals surface area contributed by atoms with Crippen molar-refractivity contribution in [3.63, 3.8) is 0 Å². The van der Waals surface area contributed by atoms with Crippen LogP contribution in [0.15, 0.2) is 0 Å². The van der Waals surface area contributed by atoms with Gasteiger partial charge >= 0.3 is 12.0 Å². The van der Waals surface area contributed by atoms with Gasteiger partial charge in [-0.2, -0.15) is 0 Å². The van der Waals surface area contributed by atoms with E-state index >= 15 is 0 Å². The lowest BCUT2D eigenvalue weighted by atomic mass is 10.2. The average Bonchev–Trinajstić information content (AvgIpc) is 2.26. The first-order chi connectivity index (χ1) is 7.97. The molecule has 0 aromatic heterocycles. The second kappa shape index (κ2) is 8.37. The number of nitrogens with one attached hydrogen (secondary N) is 3. The third-order valence-electron chi connectivity index (χ3n) is 2.00. The summed E-state index contributed by atoms with van der Waals surface area (Å²) in [6, 6.07) is -0.470. The quantitative estimate of drug-likeness (QED) is 0.486. The summed E-state index contributed by atoms with van der Waals surface area (Å²) in [6.07, 6.45) is 0.204. The van der Waals surface area contributed by atoms with E-state index in [9.17, 15) is 14.4 Å².